The molecule has 0 saturated heterocycles. The Labute approximate surface area is 230 Å². The number of amides is 4. The molecule has 0 radical (unpaired) electrons. The van der Waals surface area contributed by atoms with Gasteiger partial charge in [-0.1, -0.05) is 20.8 Å². The van der Waals surface area contributed by atoms with Crippen molar-refractivity contribution < 1.29 is 37.7 Å². The van der Waals surface area contributed by atoms with Crippen LogP contribution in [-0.2, 0) is 18.7 Å². The number of nitrogens with zero attached hydrogens (tertiary/aromatic N) is 1. The first-order valence-corrected chi connectivity index (χ1v) is 15.2. The molecule has 1 aliphatic rings. The summed E-state index contributed by atoms with van der Waals surface area (Å²) in [6.07, 6.45) is 0.817. The molecule has 2 N–H and O–H groups in total. The molecule has 1 heterocycles. The molecular formula is C27H42N3O8P. The molecule has 0 aromatic heterocycles. The fourth-order valence-electron chi connectivity index (χ4n) is 4.70. The molecular weight excluding hydrogens is 525 g/mol. The minimum absolute atomic E-state index is 0.0484. The van der Waals surface area contributed by atoms with Crippen LogP contribution in [0.3, 0.4) is 0 Å². The number of imide groups is 1. The first kappa shape index (κ1) is 32.3. The number of fused-ring (bicyclic) bond motifs is 1. The van der Waals surface area contributed by atoms with E-state index in [4.69, 9.17) is 14.0 Å². The van der Waals surface area contributed by atoms with Crippen LogP contribution in [0.4, 0.5) is 0 Å². The van der Waals surface area contributed by atoms with Crippen molar-refractivity contribution in [3.63, 3.8) is 0 Å². The number of nitrogens with one attached hydrogen (secondary N) is 2. The molecule has 1 aromatic carbocycles. The molecule has 2 rings (SSSR count). The molecule has 4 amide bonds. The second-order valence-corrected chi connectivity index (χ2v) is 12.7. The van der Waals surface area contributed by atoms with E-state index >= 15 is 0 Å². The zero-order chi connectivity index (χ0) is 29.3. The number of hydrogen-bond acceptors (Lipinski definition) is 8. The summed E-state index contributed by atoms with van der Waals surface area (Å²) in [5.74, 6) is -1.69. The highest BCUT2D eigenvalue weighted by Crippen LogP contribution is 2.51. The SMILES string of the molecule is CCOP(=O)(CC(CC(C)C)C(=O)NCC[C@H](C)CC(=O)NC)CN1C(=O)c2c(OC)ccc(OC)c2C1=O. The van der Waals surface area contributed by atoms with Crippen LogP contribution in [0.1, 0.15) is 67.7 Å². The Bertz CT molecular complexity index is 1060. The van der Waals surface area contributed by atoms with Crippen LogP contribution < -0.4 is 20.1 Å². The van der Waals surface area contributed by atoms with Gasteiger partial charge in [0.2, 0.25) is 19.2 Å². The summed E-state index contributed by atoms with van der Waals surface area (Å²) in [6.45, 7) is 7.97. The molecule has 0 spiro atoms. The van der Waals surface area contributed by atoms with Crippen LogP contribution in [0, 0.1) is 17.8 Å². The second-order valence-electron chi connectivity index (χ2n) is 10.2. The van der Waals surface area contributed by atoms with Gasteiger partial charge in [0.05, 0.1) is 32.0 Å². The molecule has 3 atom stereocenters. The van der Waals surface area contributed by atoms with Crippen LogP contribution >= 0.6 is 7.37 Å². The predicted octanol–water partition coefficient (Wildman–Crippen LogP) is 3.51. The number of ether oxygens (including phenoxy) is 2. The normalized spacial score (nSPS) is 15.9. The first-order chi connectivity index (χ1) is 18.4. The number of methoxy groups -OCH3 is 2. The molecule has 11 nitrogen and oxygen atoms in total. The Balaban J connectivity index is 2.23. The van der Waals surface area contributed by atoms with Crippen LogP contribution in [0.15, 0.2) is 12.1 Å². The minimum Gasteiger partial charge on any atom is -0.496 e. The lowest BCUT2D eigenvalue weighted by molar-refractivity contribution is -0.124. The molecule has 1 aromatic rings. The third-order valence-corrected chi connectivity index (χ3v) is 9.02. The van der Waals surface area contributed by atoms with Crippen molar-refractivity contribution >= 4 is 31.0 Å². The van der Waals surface area contributed by atoms with Crippen molar-refractivity contribution in [1.82, 2.24) is 15.5 Å². The molecule has 0 aliphatic carbocycles. The van der Waals surface area contributed by atoms with E-state index in [1.807, 2.05) is 20.8 Å². The Morgan fingerprint density at radius 2 is 1.59 bits per heavy atom. The zero-order valence-electron chi connectivity index (χ0n) is 24.0. The van der Waals surface area contributed by atoms with Crippen LogP contribution in [0.2, 0.25) is 0 Å². The van der Waals surface area contributed by atoms with Crippen molar-refractivity contribution in [1.29, 1.82) is 0 Å². The first-order valence-electron chi connectivity index (χ1n) is 13.2. The molecule has 1 aliphatic heterocycles. The van der Waals surface area contributed by atoms with E-state index in [0.717, 1.165) is 4.90 Å². The summed E-state index contributed by atoms with van der Waals surface area (Å²) in [5, 5.41) is 5.49. The van der Waals surface area contributed by atoms with Crippen LogP contribution in [0.25, 0.3) is 0 Å². The maximum atomic E-state index is 14.1. The van der Waals surface area contributed by atoms with E-state index in [-0.39, 0.29) is 59.0 Å². The highest BCUT2D eigenvalue weighted by molar-refractivity contribution is 7.59. The molecule has 218 valence electrons. The maximum Gasteiger partial charge on any atom is 0.265 e. The molecule has 0 fully saturated rings. The Morgan fingerprint density at radius 1 is 1.03 bits per heavy atom. The van der Waals surface area contributed by atoms with Crippen molar-refractivity contribution in [2.75, 3.05) is 46.9 Å². The summed E-state index contributed by atoms with van der Waals surface area (Å²) in [4.78, 5) is 52.3. The van der Waals surface area contributed by atoms with Gasteiger partial charge in [-0.2, -0.15) is 0 Å². The number of hydrogen-bond donors (Lipinski definition) is 2. The van der Waals surface area contributed by atoms with Gasteiger partial charge in [-0.15, -0.1) is 0 Å². The quantitative estimate of drug-likeness (QED) is 0.228. The Hall–Kier alpha value is -2.91. The average Bonchev–Trinajstić information content (AvgIpc) is 3.12. The highest BCUT2D eigenvalue weighted by Gasteiger charge is 2.45. The lowest BCUT2D eigenvalue weighted by Crippen LogP contribution is -2.37. The third kappa shape index (κ3) is 8.29. The second kappa shape index (κ2) is 14.5. The third-order valence-electron chi connectivity index (χ3n) is 6.58. The fraction of sp³-hybridized carbons (Fsp3) is 0.630. The lowest BCUT2D eigenvalue weighted by Gasteiger charge is -2.27. The van der Waals surface area contributed by atoms with Crippen LogP contribution in [0.5, 0.6) is 11.5 Å². The number of carbonyl (C=O) groups excluding carboxylic acids is 4. The van der Waals surface area contributed by atoms with Crippen molar-refractivity contribution in [3.05, 3.63) is 23.3 Å². The predicted molar refractivity (Wildman–Crippen MR) is 147 cm³/mol. The van der Waals surface area contributed by atoms with Gasteiger partial charge >= 0.3 is 0 Å². The molecule has 12 heteroatoms. The fourth-order valence-corrected chi connectivity index (χ4v) is 7.15. The van der Waals surface area contributed by atoms with Gasteiger partial charge in [-0.25, -0.2) is 0 Å². The number of carbonyl (C=O) groups is 4. The average molecular weight is 568 g/mol. The smallest absolute Gasteiger partial charge is 0.265 e. The summed E-state index contributed by atoms with van der Waals surface area (Å²) in [6, 6.07) is 3.07. The van der Waals surface area contributed by atoms with E-state index in [2.05, 4.69) is 10.6 Å². The van der Waals surface area contributed by atoms with Gasteiger partial charge < -0.3 is 24.6 Å². The van der Waals surface area contributed by atoms with E-state index in [1.165, 1.54) is 26.4 Å². The molecule has 0 saturated carbocycles. The summed E-state index contributed by atoms with van der Waals surface area (Å²) in [5.41, 5.74) is 0.0968. The van der Waals surface area contributed by atoms with Crippen molar-refractivity contribution in [3.8, 4) is 11.5 Å². The largest absolute Gasteiger partial charge is 0.496 e. The van der Waals surface area contributed by atoms with Gasteiger partial charge in [0.15, 0.2) is 0 Å². The van der Waals surface area contributed by atoms with Gasteiger partial charge in [0, 0.05) is 32.1 Å². The molecule has 2 unspecified atom stereocenters. The van der Waals surface area contributed by atoms with Crippen molar-refractivity contribution in [2.45, 2.75) is 47.0 Å². The monoisotopic (exact) mass is 567 g/mol. The topological polar surface area (TPSA) is 140 Å². The van der Waals surface area contributed by atoms with Gasteiger partial charge in [0.25, 0.3) is 11.8 Å². The van der Waals surface area contributed by atoms with Gasteiger partial charge in [-0.3, -0.25) is 28.6 Å². The summed E-state index contributed by atoms with van der Waals surface area (Å²) in [7, 11) is 0.694. The van der Waals surface area contributed by atoms with E-state index in [1.54, 1.807) is 14.0 Å². The van der Waals surface area contributed by atoms with E-state index < -0.39 is 31.4 Å². The number of rotatable bonds is 16. The van der Waals surface area contributed by atoms with E-state index in [0.29, 0.717) is 25.8 Å². The minimum atomic E-state index is -3.67. The molecule has 0 bridgehead atoms. The highest BCUT2D eigenvalue weighted by atomic mass is 31.2. The lowest BCUT2D eigenvalue weighted by atomic mass is 9.97. The number of benzene rings is 1. The molecule has 39 heavy (non-hydrogen) atoms. The Kier molecular flexibility index (Phi) is 12.0. The van der Waals surface area contributed by atoms with Crippen LogP contribution in [-0.4, -0.2) is 75.4 Å². The summed E-state index contributed by atoms with van der Waals surface area (Å²) < 4.78 is 30.4. The Morgan fingerprint density at radius 3 is 2.05 bits per heavy atom. The summed E-state index contributed by atoms with van der Waals surface area (Å²) >= 11 is 0. The standard InChI is InChI=1S/C27H42N3O8P/c1-8-38-39(35,15-19(13-17(2)3)25(32)29-12-11-18(4)14-22(31)28-5)16-30-26(33)23-20(36-6)9-10-21(37-7)24(23)27(30)34/h9-10,17-19H,8,11-16H2,1-7H3,(H,28,31)(H,29,32)/t18-,19?,39?/m0/s1. The van der Waals surface area contributed by atoms with Crippen molar-refractivity contribution in [2.24, 2.45) is 17.8 Å². The maximum absolute atomic E-state index is 14.1. The van der Waals surface area contributed by atoms with E-state index in [9.17, 15) is 23.7 Å². The zero-order valence-corrected chi connectivity index (χ0v) is 24.9. The van der Waals surface area contributed by atoms with Gasteiger partial charge in [0.1, 0.15) is 17.8 Å². The van der Waals surface area contributed by atoms with Gasteiger partial charge in [-0.05, 0) is 43.7 Å².